The van der Waals surface area contributed by atoms with E-state index < -0.39 is 6.10 Å². The molecule has 134 valence electrons. The van der Waals surface area contributed by atoms with Crippen LogP contribution in [0.2, 0.25) is 0 Å². The first-order valence-electron chi connectivity index (χ1n) is 8.08. The third-order valence-corrected chi connectivity index (χ3v) is 4.65. The van der Waals surface area contributed by atoms with Crippen molar-refractivity contribution in [2.24, 2.45) is 0 Å². The molecule has 0 aliphatic heterocycles. The third kappa shape index (κ3) is 4.18. The van der Waals surface area contributed by atoms with E-state index in [4.69, 9.17) is 9.47 Å². The van der Waals surface area contributed by atoms with E-state index in [2.05, 4.69) is 15.5 Å². The number of rotatable bonds is 6. The van der Waals surface area contributed by atoms with Crippen LogP contribution in [0.25, 0.3) is 10.6 Å². The fraction of sp³-hybridized carbons (Fsp3) is 0.211. The summed E-state index contributed by atoms with van der Waals surface area (Å²) in [5.41, 5.74) is 1.89. The first-order chi connectivity index (χ1) is 12.6. The minimum absolute atomic E-state index is 0.273. The first-order valence-corrected chi connectivity index (χ1v) is 8.89. The number of nitrogens with zero attached hydrogens (tertiary/aromatic N) is 2. The van der Waals surface area contributed by atoms with E-state index in [1.54, 1.807) is 14.0 Å². The maximum absolute atomic E-state index is 12.3. The molecule has 0 spiro atoms. The Morgan fingerprint density at radius 2 is 1.85 bits per heavy atom. The number of para-hydroxylation sites is 1. The van der Waals surface area contributed by atoms with Crippen LogP contribution in [0.4, 0.5) is 5.13 Å². The predicted octanol–water partition coefficient (Wildman–Crippen LogP) is 3.93. The van der Waals surface area contributed by atoms with Gasteiger partial charge in [-0.1, -0.05) is 29.5 Å². The monoisotopic (exact) mass is 369 g/mol. The Morgan fingerprint density at radius 3 is 2.54 bits per heavy atom. The average Bonchev–Trinajstić information content (AvgIpc) is 3.12. The molecule has 26 heavy (non-hydrogen) atoms. The van der Waals surface area contributed by atoms with Crippen molar-refractivity contribution >= 4 is 22.4 Å². The molecule has 3 rings (SSSR count). The quantitative estimate of drug-likeness (QED) is 0.713. The Morgan fingerprint density at radius 1 is 1.12 bits per heavy atom. The van der Waals surface area contributed by atoms with Gasteiger partial charge in [-0.05, 0) is 49.7 Å². The van der Waals surface area contributed by atoms with Crippen LogP contribution in [0.5, 0.6) is 11.5 Å². The lowest BCUT2D eigenvalue weighted by molar-refractivity contribution is -0.122. The smallest absolute Gasteiger partial charge is 0.266 e. The number of ether oxygens (including phenoxy) is 2. The molecule has 0 fully saturated rings. The molecule has 0 saturated heterocycles. The number of amides is 1. The lowest BCUT2D eigenvalue weighted by Crippen LogP contribution is -2.30. The molecule has 3 aromatic rings. The molecule has 0 saturated carbocycles. The fourth-order valence-electron chi connectivity index (χ4n) is 2.26. The predicted molar refractivity (Wildman–Crippen MR) is 102 cm³/mol. The van der Waals surface area contributed by atoms with Crippen LogP contribution in [0, 0.1) is 6.92 Å². The van der Waals surface area contributed by atoms with Gasteiger partial charge in [-0.2, -0.15) is 0 Å². The van der Waals surface area contributed by atoms with Crippen LogP contribution in [0.15, 0.2) is 48.5 Å². The minimum atomic E-state index is -0.649. The van der Waals surface area contributed by atoms with Crippen molar-refractivity contribution in [2.75, 3.05) is 12.4 Å². The third-order valence-electron chi connectivity index (χ3n) is 3.76. The summed E-state index contributed by atoms with van der Waals surface area (Å²) in [6.07, 6.45) is -0.649. The topological polar surface area (TPSA) is 73.3 Å². The maximum atomic E-state index is 12.3. The van der Waals surface area contributed by atoms with Gasteiger partial charge >= 0.3 is 0 Å². The number of aromatic nitrogens is 2. The molecule has 7 heteroatoms. The van der Waals surface area contributed by atoms with E-state index in [-0.39, 0.29) is 5.91 Å². The van der Waals surface area contributed by atoms with Crippen molar-refractivity contribution < 1.29 is 14.3 Å². The van der Waals surface area contributed by atoms with E-state index in [0.717, 1.165) is 21.9 Å². The first kappa shape index (κ1) is 17.9. The molecule has 0 aliphatic rings. The molecule has 2 aromatic carbocycles. The lowest BCUT2D eigenvalue weighted by Gasteiger charge is -2.15. The van der Waals surface area contributed by atoms with Gasteiger partial charge in [0.05, 0.1) is 7.11 Å². The van der Waals surface area contributed by atoms with Gasteiger partial charge in [0.25, 0.3) is 5.91 Å². The molecular formula is C19H19N3O3S. The number of carbonyl (C=O) groups excluding carboxylic acids is 1. The summed E-state index contributed by atoms with van der Waals surface area (Å²) in [6.45, 7) is 3.64. The summed E-state index contributed by atoms with van der Waals surface area (Å²) in [5.74, 6) is 1.19. The molecule has 1 heterocycles. The lowest BCUT2D eigenvalue weighted by atomic mass is 10.2. The van der Waals surface area contributed by atoms with E-state index >= 15 is 0 Å². The highest BCUT2D eigenvalue weighted by atomic mass is 32.1. The van der Waals surface area contributed by atoms with E-state index in [9.17, 15) is 4.79 Å². The summed E-state index contributed by atoms with van der Waals surface area (Å²) >= 11 is 1.30. The zero-order valence-corrected chi connectivity index (χ0v) is 15.5. The number of methoxy groups -OCH3 is 1. The van der Waals surface area contributed by atoms with Gasteiger partial charge in [0.2, 0.25) is 5.13 Å². The van der Waals surface area contributed by atoms with Gasteiger partial charge in [0.15, 0.2) is 6.10 Å². The van der Waals surface area contributed by atoms with Crippen molar-refractivity contribution in [3.05, 3.63) is 54.1 Å². The Bertz CT molecular complexity index is 893. The maximum Gasteiger partial charge on any atom is 0.266 e. The highest BCUT2D eigenvalue weighted by Crippen LogP contribution is 2.28. The number of carbonyl (C=O) groups is 1. The number of aryl methyl sites for hydroxylation is 1. The summed E-state index contributed by atoms with van der Waals surface area (Å²) in [4.78, 5) is 12.3. The molecule has 1 N–H and O–H groups in total. The Hall–Kier alpha value is -2.93. The van der Waals surface area contributed by atoms with Gasteiger partial charge in [-0.3, -0.25) is 10.1 Å². The molecular weight excluding hydrogens is 350 g/mol. The number of benzene rings is 2. The van der Waals surface area contributed by atoms with Crippen LogP contribution in [-0.2, 0) is 4.79 Å². The minimum Gasteiger partial charge on any atom is -0.497 e. The van der Waals surface area contributed by atoms with Crippen LogP contribution in [0.1, 0.15) is 12.5 Å². The van der Waals surface area contributed by atoms with E-state index in [1.807, 2.05) is 55.5 Å². The number of anilines is 1. The standard InChI is InChI=1S/C19H19N3O3S/c1-12-6-4-5-7-16(12)25-13(2)17(23)20-19-22-21-18(26-19)14-8-10-15(24-3)11-9-14/h4-11,13H,1-3H3,(H,20,22,23). The zero-order valence-electron chi connectivity index (χ0n) is 14.7. The molecule has 0 aliphatic carbocycles. The SMILES string of the molecule is COc1ccc(-c2nnc(NC(=O)C(C)Oc3ccccc3C)s2)cc1. The Balaban J connectivity index is 1.64. The molecule has 0 bridgehead atoms. The zero-order chi connectivity index (χ0) is 18.5. The summed E-state index contributed by atoms with van der Waals surface area (Å²) in [6, 6.07) is 15.1. The summed E-state index contributed by atoms with van der Waals surface area (Å²) < 4.78 is 10.9. The second-order valence-corrected chi connectivity index (χ2v) is 6.63. The Kier molecular flexibility index (Phi) is 5.48. The van der Waals surface area contributed by atoms with Gasteiger partial charge in [0, 0.05) is 5.56 Å². The number of hydrogen-bond acceptors (Lipinski definition) is 6. The average molecular weight is 369 g/mol. The molecule has 1 amide bonds. The number of hydrogen-bond donors (Lipinski definition) is 1. The van der Waals surface area contributed by atoms with Crippen LogP contribution in [-0.4, -0.2) is 29.3 Å². The van der Waals surface area contributed by atoms with Crippen molar-refractivity contribution in [1.29, 1.82) is 0 Å². The Labute approximate surface area is 155 Å². The highest BCUT2D eigenvalue weighted by molar-refractivity contribution is 7.18. The molecule has 6 nitrogen and oxygen atoms in total. The van der Waals surface area contributed by atoms with Crippen molar-refractivity contribution in [3.8, 4) is 22.1 Å². The highest BCUT2D eigenvalue weighted by Gasteiger charge is 2.18. The molecule has 1 atom stereocenters. The molecule has 1 aromatic heterocycles. The summed E-state index contributed by atoms with van der Waals surface area (Å²) in [5, 5.41) is 12.1. The second kappa shape index (κ2) is 7.97. The van der Waals surface area contributed by atoms with Gasteiger partial charge in [0.1, 0.15) is 16.5 Å². The normalized spacial score (nSPS) is 11.7. The van der Waals surface area contributed by atoms with Crippen molar-refractivity contribution in [3.63, 3.8) is 0 Å². The van der Waals surface area contributed by atoms with Crippen molar-refractivity contribution in [1.82, 2.24) is 10.2 Å². The van der Waals surface area contributed by atoms with Crippen LogP contribution < -0.4 is 14.8 Å². The molecule has 1 unspecified atom stereocenters. The fourth-order valence-corrected chi connectivity index (χ4v) is 3.02. The number of nitrogens with one attached hydrogen (secondary N) is 1. The van der Waals surface area contributed by atoms with Crippen LogP contribution in [0.3, 0.4) is 0 Å². The largest absolute Gasteiger partial charge is 0.497 e. The van der Waals surface area contributed by atoms with E-state index in [1.165, 1.54) is 11.3 Å². The van der Waals surface area contributed by atoms with Crippen molar-refractivity contribution in [2.45, 2.75) is 20.0 Å². The summed E-state index contributed by atoms with van der Waals surface area (Å²) in [7, 11) is 1.62. The van der Waals surface area contributed by atoms with Gasteiger partial charge in [-0.15, -0.1) is 10.2 Å². The second-order valence-electron chi connectivity index (χ2n) is 5.66. The van der Waals surface area contributed by atoms with Gasteiger partial charge in [-0.25, -0.2) is 0 Å². The van der Waals surface area contributed by atoms with E-state index in [0.29, 0.717) is 10.9 Å². The molecule has 0 radical (unpaired) electrons. The van der Waals surface area contributed by atoms with Gasteiger partial charge < -0.3 is 9.47 Å². The van der Waals surface area contributed by atoms with Crippen LogP contribution >= 0.6 is 11.3 Å².